The lowest BCUT2D eigenvalue weighted by atomic mass is 9.93. The fourth-order valence-corrected chi connectivity index (χ4v) is 5.75. The van der Waals surface area contributed by atoms with Gasteiger partial charge in [0.05, 0.1) is 21.8 Å². The SMILES string of the molecule is Cc1ccc(C)c(/C(O)=C2\C(=O)C(=O)N(c3nc4c(C)cc(C)cc4s3)C2c2ccccc2)c1. The van der Waals surface area contributed by atoms with Crippen molar-refractivity contribution in [3.8, 4) is 0 Å². The Kier molecular flexibility index (Phi) is 5.33. The number of hydrogen-bond acceptors (Lipinski definition) is 5. The molecule has 0 saturated carbocycles. The molecule has 0 aliphatic carbocycles. The first kappa shape index (κ1) is 22.0. The number of aryl methyl sites for hydroxylation is 4. The molecule has 1 fully saturated rings. The molecule has 170 valence electrons. The maximum atomic E-state index is 13.4. The van der Waals surface area contributed by atoms with Crippen LogP contribution in [0.2, 0.25) is 0 Å². The maximum Gasteiger partial charge on any atom is 0.301 e. The van der Waals surface area contributed by atoms with Crippen molar-refractivity contribution in [3.63, 3.8) is 0 Å². The lowest BCUT2D eigenvalue weighted by molar-refractivity contribution is -0.132. The number of rotatable bonds is 3. The van der Waals surface area contributed by atoms with Gasteiger partial charge >= 0.3 is 5.91 Å². The molecule has 1 aliphatic heterocycles. The zero-order chi connectivity index (χ0) is 24.1. The van der Waals surface area contributed by atoms with Gasteiger partial charge in [0.1, 0.15) is 5.76 Å². The summed E-state index contributed by atoms with van der Waals surface area (Å²) in [7, 11) is 0. The third-order valence-corrected chi connectivity index (χ3v) is 7.23. The highest BCUT2D eigenvalue weighted by atomic mass is 32.1. The van der Waals surface area contributed by atoms with Crippen molar-refractivity contribution in [2.24, 2.45) is 0 Å². The van der Waals surface area contributed by atoms with Crippen LogP contribution >= 0.6 is 11.3 Å². The van der Waals surface area contributed by atoms with Crippen molar-refractivity contribution in [3.05, 3.63) is 99.6 Å². The monoisotopic (exact) mass is 468 g/mol. The number of hydrogen-bond donors (Lipinski definition) is 1. The smallest absolute Gasteiger partial charge is 0.301 e. The first-order chi connectivity index (χ1) is 16.3. The summed E-state index contributed by atoms with van der Waals surface area (Å²) in [5, 5.41) is 11.8. The lowest BCUT2D eigenvalue weighted by Gasteiger charge is -2.23. The Morgan fingerprint density at radius 3 is 2.38 bits per heavy atom. The minimum atomic E-state index is -0.775. The van der Waals surface area contributed by atoms with Gasteiger partial charge in [0, 0.05) is 5.56 Å². The molecule has 1 amide bonds. The first-order valence-electron chi connectivity index (χ1n) is 11.1. The number of thiazole rings is 1. The number of amides is 1. The first-order valence-corrected chi connectivity index (χ1v) is 11.9. The Morgan fingerprint density at radius 1 is 0.912 bits per heavy atom. The molecule has 5 rings (SSSR count). The van der Waals surface area contributed by atoms with E-state index in [1.54, 1.807) is 0 Å². The van der Waals surface area contributed by atoms with Crippen LogP contribution in [0.4, 0.5) is 5.13 Å². The molecule has 1 atom stereocenters. The van der Waals surface area contributed by atoms with Gasteiger partial charge in [-0.05, 0) is 62.1 Å². The summed E-state index contributed by atoms with van der Waals surface area (Å²) in [6, 6.07) is 18.3. The molecule has 34 heavy (non-hydrogen) atoms. The molecule has 2 heterocycles. The van der Waals surface area contributed by atoms with Crippen LogP contribution in [0.1, 0.15) is 39.4 Å². The van der Waals surface area contributed by atoms with Crippen molar-refractivity contribution in [2.45, 2.75) is 33.7 Å². The molecule has 6 heteroatoms. The van der Waals surface area contributed by atoms with E-state index in [0.717, 1.165) is 38.0 Å². The summed E-state index contributed by atoms with van der Waals surface area (Å²) >= 11 is 1.38. The van der Waals surface area contributed by atoms with E-state index in [-0.39, 0.29) is 11.3 Å². The van der Waals surface area contributed by atoms with Gasteiger partial charge in [0.15, 0.2) is 5.13 Å². The van der Waals surface area contributed by atoms with Gasteiger partial charge in [-0.15, -0.1) is 0 Å². The highest BCUT2D eigenvalue weighted by Crippen LogP contribution is 2.45. The van der Waals surface area contributed by atoms with Gasteiger partial charge in [0.25, 0.3) is 5.78 Å². The summed E-state index contributed by atoms with van der Waals surface area (Å²) in [5.74, 6) is -1.56. The van der Waals surface area contributed by atoms with Crippen LogP contribution in [0.25, 0.3) is 16.0 Å². The van der Waals surface area contributed by atoms with Crippen LogP contribution in [0.3, 0.4) is 0 Å². The third kappa shape index (κ3) is 3.51. The summed E-state index contributed by atoms with van der Waals surface area (Å²) in [4.78, 5) is 33.0. The standard InChI is InChI=1S/C28H24N2O3S/c1-15-10-11-17(3)20(13-15)25(31)22-24(19-8-6-5-7-9-19)30(27(33)26(22)32)28-29-23-18(4)12-16(2)14-21(23)34-28/h5-14,24,31H,1-4H3/b25-22+. The van der Waals surface area contributed by atoms with Gasteiger partial charge in [-0.2, -0.15) is 0 Å². The van der Waals surface area contributed by atoms with Crippen molar-refractivity contribution >= 4 is 44.1 Å². The van der Waals surface area contributed by atoms with Gasteiger partial charge in [-0.3, -0.25) is 14.5 Å². The molecular formula is C28H24N2O3S. The molecule has 1 saturated heterocycles. The molecular weight excluding hydrogens is 444 g/mol. The number of nitrogens with zero attached hydrogens (tertiary/aromatic N) is 2. The number of anilines is 1. The number of carbonyl (C=O) groups excluding carboxylic acids is 2. The predicted octanol–water partition coefficient (Wildman–Crippen LogP) is 6.16. The predicted molar refractivity (Wildman–Crippen MR) is 136 cm³/mol. The van der Waals surface area contributed by atoms with Crippen LogP contribution in [0.5, 0.6) is 0 Å². The summed E-state index contributed by atoms with van der Waals surface area (Å²) in [6.45, 7) is 7.81. The number of fused-ring (bicyclic) bond motifs is 1. The molecule has 1 aromatic heterocycles. The summed E-state index contributed by atoms with van der Waals surface area (Å²) in [6.07, 6.45) is 0. The van der Waals surface area contributed by atoms with Gasteiger partial charge in [0.2, 0.25) is 0 Å². The van der Waals surface area contributed by atoms with Crippen molar-refractivity contribution < 1.29 is 14.7 Å². The van der Waals surface area contributed by atoms with Crippen LogP contribution in [0, 0.1) is 27.7 Å². The summed E-state index contributed by atoms with van der Waals surface area (Å²) in [5.41, 5.74) is 6.08. The highest BCUT2D eigenvalue weighted by Gasteiger charge is 2.48. The van der Waals surface area contributed by atoms with E-state index >= 15 is 0 Å². The van der Waals surface area contributed by atoms with E-state index in [4.69, 9.17) is 4.98 Å². The second kappa shape index (κ2) is 8.22. The van der Waals surface area contributed by atoms with E-state index in [1.807, 2.05) is 82.3 Å². The Hall–Kier alpha value is -3.77. The van der Waals surface area contributed by atoms with Gasteiger partial charge < -0.3 is 5.11 Å². The highest BCUT2D eigenvalue weighted by molar-refractivity contribution is 7.22. The van der Waals surface area contributed by atoms with Gasteiger partial charge in [-0.1, -0.05) is 65.4 Å². The fourth-order valence-electron chi connectivity index (χ4n) is 4.58. The summed E-state index contributed by atoms with van der Waals surface area (Å²) < 4.78 is 0.954. The number of Topliss-reactive ketones (excluding diaryl/α,β-unsaturated/α-hetero) is 1. The van der Waals surface area contributed by atoms with E-state index < -0.39 is 17.7 Å². The zero-order valence-electron chi connectivity index (χ0n) is 19.4. The van der Waals surface area contributed by atoms with Crippen molar-refractivity contribution in [1.29, 1.82) is 0 Å². The molecule has 1 N–H and O–H groups in total. The maximum absolute atomic E-state index is 13.4. The number of aliphatic hydroxyl groups is 1. The number of ketones is 1. The lowest BCUT2D eigenvalue weighted by Crippen LogP contribution is -2.29. The molecule has 1 aliphatic rings. The second-order valence-corrected chi connectivity index (χ2v) is 9.83. The minimum absolute atomic E-state index is 0.0806. The van der Waals surface area contributed by atoms with E-state index in [9.17, 15) is 14.7 Å². The quantitative estimate of drug-likeness (QED) is 0.222. The van der Waals surface area contributed by atoms with Crippen LogP contribution in [-0.4, -0.2) is 21.8 Å². The Labute approximate surface area is 202 Å². The van der Waals surface area contributed by atoms with E-state index in [2.05, 4.69) is 6.07 Å². The second-order valence-electron chi connectivity index (χ2n) is 8.82. The molecule has 0 bridgehead atoms. The molecule has 5 nitrogen and oxygen atoms in total. The Bertz CT molecular complexity index is 1500. The number of aliphatic hydroxyl groups excluding tert-OH is 1. The van der Waals surface area contributed by atoms with Crippen LogP contribution in [-0.2, 0) is 9.59 Å². The largest absolute Gasteiger partial charge is 0.507 e. The minimum Gasteiger partial charge on any atom is -0.507 e. The van der Waals surface area contributed by atoms with Crippen LogP contribution < -0.4 is 4.90 Å². The number of aromatic nitrogens is 1. The topological polar surface area (TPSA) is 70.5 Å². The van der Waals surface area contributed by atoms with E-state index in [0.29, 0.717) is 10.7 Å². The number of carbonyl (C=O) groups is 2. The molecule has 3 aromatic carbocycles. The van der Waals surface area contributed by atoms with Crippen molar-refractivity contribution in [2.75, 3.05) is 4.90 Å². The molecule has 0 radical (unpaired) electrons. The van der Waals surface area contributed by atoms with E-state index in [1.165, 1.54) is 16.2 Å². The number of benzene rings is 3. The van der Waals surface area contributed by atoms with Crippen molar-refractivity contribution in [1.82, 2.24) is 4.98 Å². The Morgan fingerprint density at radius 2 is 1.65 bits per heavy atom. The fraction of sp³-hybridized carbons (Fsp3) is 0.179. The average molecular weight is 469 g/mol. The zero-order valence-corrected chi connectivity index (χ0v) is 20.2. The normalized spacial score (nSPS) is 17.6. The third-order valence-electron chi connectivity index (χ3n) is 6.23. The molecule has 0 spiro atoms. The van der Waals surface area contributed by atoms with Gasteiger partial charge in [-0.25, -0.2) is 4.98 Å². The average Bonchev–Trinajstić information content (AvgIpc) is 3.34. The molecule has 1 unspecified atom stereocenters. The van der Waals surface area contributed by atoms with Crippen LogP contribution in [0.15, 0.2) is 66.2 Å². The molecule has 4 aromatic rings. The Balaban J connectivity index is 1.76.